The quantitative estimate of drug-likeness (QED) is 0.758. The van der Waals surface area contributed by atoms with E-state index in [0.717, 1.165) is 24.0 Å². The average molecular weight is 338 g/mol. The molecule has 0 heterocycles. The molecule has 20 heavy (non-hydrogen) atoms. The van der Waals surface area contributed by atoms with Gasteiger partial charge in [-0.3, -0.25) is 0 Å². The summed E-state index contributed by atoms with van der Waals surface area (Å²) in [6, 6.07) is 12.2. The maximum absolute atomic E-state index is 13.2. The third-order valence-corrected chi connectivity index (χ3v) is 3.46. The Morgan fingerprint density at radius 1 is 1.15 bits per heavy atom. The molecule has 2 nitrogen and oxygen atoms in total. The van der Waals surface area contributed by atoms with Crippen LogP contribution in [-0.2, 0) is 6.54 Å². The van der Waals surface area contributed by atoms with Crippen LogP contribution >= 0.6 is 15.9 Å². The smallest absolute Gasteiger partial charge is 0.144 e. The summed E-state index contributed by atoms with van der Waals surface area (Å²) in [5.41, 5.74) is 1.20. The van der Waals surface area contributed by atoms with Gasteiger partial charge in [0, 0.05) is 12.6 Å². The van der Waals surface area contributed by atoms with Gasteiger partial charge >= 0.3 is 0 Å². The molecule has 106 valence electrons. The molecule has 0 amide bonds. The third kappa shape index (κ3) is 4.32. The van der Waals surface area contributed by atoms with Gasteiger partial charge in [-0.25, -0.2) is 4.39 Å². The van der Waals surface area contributed by atoms with Crippen molar-refractivity contribution in [3.8, 4) is 11.5 Å². The first-order valence-corrected chi connectivity index (χ1v) is 7.41. The number of rotatable bonds is 6. The maximum atomic E-state index is 13.2. The van der Waals surface area contributed by atoms with Crippen LogP contribution in [0.4, 0.5) is 4.39 Å². The summed E-state index contributed by atoms with van der Waals surface area (Å²) in [6.07, 6.45) is 1.12. The molecule has 0 aromatic heterocycles. The molecule has 2 aromatic rings. The summed E-state index contributed by atoms with van der Waals surface area (Å²) in [5, 5.41) is 3.34. The Hall–Kier alpha value is -1.39. The number of nitrogens with one attached hydrogen (secondary N) is 1. The van der Waals surface area contributed by atoms with Crippen molar-refractivity contribution in [3.63, 3.8) is 0 Å². The minimum absolute atomic E-state index is 0.316. The van der Waals surface area contributed by atoms with Gasteiger partial charge in [0.2, 0.25) is 0 Å². The third-order valence-electron chi connectivity index (χ3n) is 2.80. The van der Waals surface area contributed by atoms with Crippen molar-refractivity contribution < 1.29 is 9.13 Å². The van der Waals surface area contributed by atoms with Gasteiger partial charge in [0.25, 0.3) is 0 Å². The van der Waals surface area contributed by atoms with Gasteiger partial charge in [0.15, 0.2) is 0 Å². The number of ether oxygens (including phenoxy) is 1. The lowest BCUT2D eigenvalue weighted by Crippen LogP contribution is -2.13. The van der Waals surface area contributed by atoms with Gasteiger partial charge in [-0.2, -0.15) is 0 Å². The first-order chi connectivity index (χ1) is 9.69. The average Bonchev–Trinajstić information content (AvgIpc) is 2.45. The monoisotopic (exact) mass is 337 g/mol. The molecular formula is C16H17BrFNO. The Morgan fingerprint density at radius 2 is 1.90 bits per heavy atom. The van der Waals surface area contributed by atoms with Gasteiger partial charge in [0.05, 0.1) is 4.47 Å². The predicted octanol–water partition coefficient (Wildman–Crippen LogP) is 4.88. The van der Waals surface area contributed by atoms with Crippen LogP contribution in [-0.4, -0.2) is 6.54 Å². The molecule has 0 radical (unpaired) electrons. The van der Waals surface area contributed by atoms with Crippen molar-refractivity contribution in [1.29, 1.82) is 0 Å². The topological polar surface area (TPSA) is 21.3 Å². The molecule has 1 N–H and O–H groups in total. The zero-order valence-corrected chi connectivity index (χ0v) is 12.9. The molecule has 0 fully saturated rings. The molecule has 0 unspecified atom stereocenters. The Balaban J connectivity index is 2.01. The van der Waals surface area contributed by atoms with Crippen LogP contribution in [0.5, 0.6) is 11.5 Å². The number of benzene rings is 2. The maximum Gasteiger partial charge on any atom is 0.144 e. The van der Waals surface area contributed by atoms with Crippen LogP contribution in [0, 0.1) is 5.82 Å². The second kappa shape index (κ2) is 7.41. The first kappa shape index (κ1) is 15.0. The molecule has 0 aliphatic rings. The Labute approximate surface area is 127 Å². The highest BCUT2D eigenvalue weighted by Gasteiger charge is 2.04. The summed E-state index contributed by atoms with van der Waals surface area (Å²) in [7, 11) is 0. The van der Waals surface area contributed by atoms with E-state index in [1.54, 1.807) is 6.07 Å². The lowest BCUT2D eigenvalue weighted by Gasteiger charge is -2.09. The van der Waals surface area contributed by atoms with Crippen LogP contribution in [0.1, 0.15) is 18.9 Å². The van der Waals surface area contributed by atoms with Crippen molar-refractivity contribution in [2.75, 3.05) is 6.54 Å². The molecule has 4 heteroatoms. The second-order valence-electron chi connectivity index (χ2n) is 4.50. The van der Waals surface area contributed by atoms with E-state index in [1.165, 1.54) is 17.7 Å². The fraction of sp³-hybridized carbons (Fsp3) is 0.250. The van der Waals surface area contributed by atoms with Gasteiger partial charge in [-0.15, -0.1) is 0 Å². The Bertz CT molecular complexity index is 557. The van der Waals surface area contributed by atoms with Crippen LogP contribution in [0.15, 0.2) is 46.9 Å². The van der Waals surface area contributed by atoms with Crippen molar-refractivity contribution in [3.05, 3.63) is 58.3 Å². The van der Waals surface area contributed by atoms with E-state index in [9.17, 15) is 4.39 Å². The Morgan fingerprint density at radius 3 is 2.60 bits per heavy atom. The van der Waals surface area contributed by atoms with E-state index in [2.05, 4.69) is 28.2 Å². The molecular weight excluding hydrogens is 321 g/mol. The van der Waals surface area contributed by atoms with Crippen molar-refractivity contribution in [2.45, 2.75) is 19.9 Å². The summed E-state index contributed by atoms with van der Waals surface area (Å²) in [6.45, 7) is 3.99. The highest BCUT2D eigenvalue weighted by atomic mass is 79.9. The predicted molar refractivity (Wildman–Crippen MR) is 82.6 cm³/mol. The molecule has 0 spiro atoms. The highest BCUT2D eigenvalue weighted by molar-refractivity contribution is 9.10. The molecule has 0 saturated carbocycles. The normalized spacial score (nSPS) is 10.6. The van der Waals surface area contributed by atoms with Crippen LogP contribution in [0.2, 0.25) is 0 Å². The van der Waals surface area contributed by atoms with E-state index < -0.39 is 0 Å². The summed E-state index contributed by atoms with van der Waals surface area (Å²) in [4.78, 5) is 0. The molecule has 0 aliphatic heterocycles. The standard InChI is InChI=1S/C16H17BrFNO/c1-2-9-19-11-12-3-6-14(7-4-12)20-16-10-13(18)5-8-15(16)17/h3-8,10,19H,2,9,11H2,1H3. The van der Waals surface area contributed by atoms with Crippen LogP contribution < -0.4 is 10.1 Å². The molecule has 0 atom stereocenters. The molecule has 2 aromatic carbocycles. The summed E-state index contributed by atoms with van der Waals surface area (Å²) in [5.74, 6) is 0.848. The molecule has 0 saturated heterocycles. The van der Waals surface area contributed by atoms with Gasteiger partial charge in [-0.1, -0.05) is 19.1 Å². The molecule has 0 aliphatic carbocycles. The summed E-state index contributed by atoms with van der Waals surface area (Å²) < 4.78 is 19.6. The number of hydrogen-bond acceptors (Lipinski definition) is 2. The van der Waals surface area contributed by atoms with E-state index in [0.29, 0.717) is 11.5 Å². The number of halogens is 2. The SMILES string of the molecule is CCCNCc1ccc(Oc2cc(F)ccc2Br)cc1. The fourth-order valence-corrected chi connectivity index (χ4v) is 2.09. The van der Waals surface area contributed by atoms with Crippen molar-refractivity contribution in [1.82, 2.24) is 5.32 Å². The lowest BCUT2D eigenvalue weighted by molar-refractivity contribution is 0.473. The minimum atomic E-state index is -0.316. The molecule has 2 rings (SSSR count). The lowest BCUT2D eigenvalue weighted by atomic mass is 10.2. The fourth-order valence-electron chi connectivity index (χ4n) is 1.77. The Kier molecular flexibility index (Phi) is 5.56. The molecule has 0 bridgehead atoms. The van der Waals surface area contributed by atoms with Crippen molar-refractivity contribution in [2.24, 2.45) is 0 Å². The van der Waals surface area contributed by atoms with Gasteiger partial charge in [0.1, 0.15) is 17.3 Å². The zero-order chi connectivity index (χ0) is 14.4. The first-order valence-electron chi connectivity index (χ1n) is 6.61. The van der Waals surface area contributed by atoms with E-state index in [4.69, 9.17) is 4.74 Å². The van der Waals surface area contributed by atoms with Crippen molar-refractivity contribution >= 4 is 15.9 Å². The largest absolute Gasteiger partial charge is 0.456 e. The van der Waals surface area contributed by atoms with Gasteiger partial charge in [-0.05, 0) is 58.7 Å². The van der Waals surface area contributed by atoms with E-state index in [1.807, 2.05) is 24.3 Å². The minimum Gasteiger partial charge on any atom is -0.456 e. The van der Waals surface area contributed by atoms with E-state index >= 15 is 0 Å². The van der Waals surface area contributed by atoms with E-state index in [-0.39, 0.29) is 5.82 Å². The zero-order valence-electron chi connectivity index (χ0n) is 11.3. The summed E-state index contributed by atoms with van der Waals surface area (Å²) >= 11 is 3.34. The van der Waals surface area contributed by atoms with Crippen LogP contribution in [0.25, 0.3) is 0 Å². The highest BCUT2D eigenvalue weighted by Crippen LogP contribution is 2.30. The number of hydrogen-bond donors (Lipinski definition) is 1. The second-order valence-corrected chi connectivity index (χ2v) is 5.35. The van der Waals surface area contributed by atoms with Crippen LogP contribution in [0.3, 0.4) is 0 Å². The van der Waals surface area contributed by atoms with Gasteiger partial charge < -0.3 is 10.1 Å².